The van der Waals surface area contributed by atoms with Crippen LogP contribution in [0.2, 0.25) is 0 Å². The first-order chi connectivity index (χ1) is 16.8. The Hall–Kier alpha value is -3.89. The number of sulfonamides is 1. The molecule has 3 heterocycles. The number of hydrogen-bond donors (Lipinski definition) is 1. The number of rotatable bonds is 5. The Kier molecular flexibility index (Phi) is 6.27. The Balaban J connectivity index is 1.91. The highest BCUT2D eigenvalue weighted by molar-refractivity contribution is 7.89. The summed E-state index contributed by atoms with van der Waals surface area (Å²) in [6, 6.07) is 6.25. The third-order valence-electron chi connectivity index (χ3n) is 5.27. The predicted octanol–water partition coefficient (Wildman–Crippen LogP) is 4.77. The molecule has 13 heteroatoms. The normalized spacial score (nSPS) is 13.1. The van der Waals surface area contributed by atoms with Gasteiger partial charge < -0.3 is 0 Å². The van der Waals surface area contributed by atoms with E-state index < -0.39 is 38.8 Å². The Morgan fingerprint density at radius 3 is 2.28 bits per heavy atom. The molecule has 0 radical (unpaired) electrons. The third kappa shape index (κ3) is 4.65. The van der Waals surface area contributed by atoms with Crippen molar-refractivity contribution in [3.05, 3.63) is 71.6 Å². The molecule has 3 aromatic heterocycles. The second-order valence-electron chi connectivity index (χ2n) is 7.95. The van der Waals surface area contributed by atoms with Gasteiger partial charge in [-0.05, 0) is 49.7 Å². The standard InChI is InChI=1S/C23H16F5N5O2S/c1-12-5-18-19(9-29)21(33(22(18)31-10-12)16-7-14(24)6-15(25)8-16)20-4-3-17(11-30-20)36(34,35)32-13(2)23(26,27)28/h3-8,10-11,13,32H,1-2H3/t13-/m0/s1. The van der Waals surface area contributed by atoms with Gasteiger partial charge in [0.25, 0.3) is 0 Å². The van der Waals surface area contributed by atoms with Crippen molar-refractivity contribution in [2.24, 2.45) is 0 Å². The van der Waals surface area contributed by atoms with Crippen molar-refractivity contribution in [3.8, 4) is 23.1 Å². The summed E-state index contributed by atoms with van der Waals surface area (Å²) in [6.45, 7) is 2.39. The topological polar surface area (TPSA) is 101 Å². The van der Waals surface area contributed by atoms with E-state index in [-0.39, 0.29) is 28.3 Å². The minimum absolute atomic E-state index is 0.00970. The second kappa shape index (κ2) is 8.96. The van der Waals surface area contributed by atoms with Crippen LogP contribution in [0, 0.1) is 29.9 Å². The molecule has 7 nitrogen and oxygen atoms in total. The molecule has 186 valence electrons. The summed E-state index contributed by atoms with van der Waals surface area (Å²) >= 11 is 0. The van der Waals surface area contributed by atoms with Gasteiger partial charge in [-0.2, -0.15) is 23.2 Å². The molecular weight excluding hydrogens is 505 g/mol. The number of fused-ring (bicyclic) bond motifs is 1. The maximum absolute atomic E-state index is 14.1. The number of nitrogens with one attached hydrogen (secondary N) is 1. The smallest absolute Gasteiger partial charge is 0.291 e. The van der Waals surface area contributed by atoms with E-state index in [1.165, 1.54) is 21.6 Å². The largest absolute Gasteiger partial charge is 0.404 e. The highest BCUT2D eigenvalue weighted by Crippen LogP contribution is 2.35. The molecule has 0 saturated carbocycles. The maximum Gasteiger partial charge on any atom is 0.404 e. The summed E-state index contributed by atoms with van der Waals surface area (Å²) in [6.07, 6.45) is -2.47. The van der Waals surface area contributed by atoms with Crippen LogP contribution >= 0.6 is 0 Å². The fraction of sp³-hybridized carbons (Fsp3) is 0.174. The summed E-state index contributed by atoms with van der Waals surface area (Å²) < 4.78 is 94.2. The molecular formula is C23H16F5N5O2S. The zero-order valence-electron chi connectivity index (χ0n) is 18.6. The first kappa shape index (κ1) is 25.2. The van der Waals surface area contributed by atoms with E-state index in [4.69, 9.17) is 0 Å². The minimum atomic E-state index is -4.80. The summed E-state index contributed by atoms with van der Waals surface area (Å²) in [5, 5.41) is 10.3. The number of nitrogens with zero attached hydrogens (tertiary/aromatic N) is 4. The zero-order valence-corrected chi connectivity index (χ0v) is 19.4. The van der Waals surface area contributed by atoms with Gasteiger partial charge in [0.05, 0.1) is 22.6 Å². The van der Waals surface area contributed by atoms with Crippen molar-refractivity contribution >= 4 is 21.1 Å². The summed E-state index contributed by atoms with van der Waals surface area (Å²) in [7, 11) is -4.58. The van der Waals surface area contributed by atoms with E-state index >= 15 is 0 Å². The van der Waals surface area contributed by atoms with Crippen molar-refractivity contribution in [3.63, 3.8) is 0 Å². The number of benzene rings is 1. The first-order valence-electron chi connectivity index (χ1n) is 10.2. The molecule has 4 aromatic rings. The van der Waals surface area contributed by atoms with Crippen LogP contribution in [0.25, 0.3) is 28.1 Å². The van der Waals surface area contributed by atoms with Crippen molar-refractivity contribution in [2.75, 3.05) is 0 Å². The Bertz CT molecular complexity index is 1600. The van der Waals surface area contributed by atoms with Gasteiger partial charge in [-0.1, -0.05) is 0 Å². The summed E-state index contributed by atoms with van der Waals surface area (Å²) in [5.74, 6) is -1.77. The van der Waals surface area contributed by atoms with Crippen molar-refractivity contribution in [1.82, 2.24) is 19.3 Å². The van der Waals surface area contributed by atoms with E-state index in [1.807, 2.05) is 6.07 Å². The molecule has 4 rings (SSSR count). The van der Waals surface area contributed by atoms with Gasteiger partial charge in [-0.15, -0.1) is 0 Å². The van der Waals surface area contributed by atoms with E-state index in [2.05, 4.69) is 9.97 Å². The third-order valence-corrected chi connectivity index (χ3v) is 6.80. The van der Waals surface area contributed by atoms with Crippen LogP contribution in [0.15, 0.2) is 53.7 Å². The van der Waals surface area contributed by atoms with Crippen LogP contribution < -0.4 is 4.72 Å². The first-order valence-corrected chi connectivity index (χ1v) is 11.7. The van der Waals surface area contributed by atoms with Crippen molar-refractivity contribution in [2.45, 2.75) is 31.0 Å². The Morgan fingerprint density at radius 2 is 1.72 bits per heavy atom. The number of nitriles is 1. The average Bonchev–Trinajstić information content (AvgIpc) is 3.11. The number of halogens is 5. The van der Waals surface area contributed by atoms with Crippen LogP contribution in [0.5, 0.6) is 0 Å². The quantitative estimate of drug-likeness (QED) is 0.381. The molecule has 1 atom stereocenters. The maximum atomic E-state index is 14.1. The van der Waals surface area contributed by atoms with Gasteiger partial charge in [0.15, 0.2) is 0 Å². The number of alkyl halides is 3. The van der Waals surface area contributed by atoms with Gasteiger partial charge in [0.2, 0.25) is 10.0 Å². The molecule has 0 aliphatic heterocycles. The SMILES string of the molecule is Cc1cnc2c(c1)c(C#N)c(-c1ccc(S(=O)(=O)N[C@@H](C)C(F)(F)F)cn1)n2-c1cc(F)cc(F)c1. The number of aryl methyl sites for hydroxylation is 1. The lowest BCUT2D eigenvalue weighted by Crippen LogP contribution is -2.42. The van der Waals surface area contributed by atoms with Gasteiger partial charge in [-0.3, -0.25) is 9.55 Å². The lowest BCUT2D eigenvalue weighted by atomic mass is 10.1. The van der Waals surface area contributed by atoms with Crippen LogP contribution in [0.4, 0.5) is 22.0 Å². The summed E-state index contributed by atoms with van der Waals surface area (Å²) in [5.41, 5.74) is 1.02. The molecule has 0 bridgehead atoms. The highest BCUT2D eigenvalue weighted by atomic mass is 32.2. The minimum Gasteiger partial charge on any atom is -0.291 e. The van der Waals surface area contributed by atoms with Gasteiger partial charge in [0.1, 0.15) is 34.3 Å². The fourth-order valence-electron chi connectivity index (χ4n) is 3.59. The van der Waals surface area contributed by atoms with E-state index in [9.17, 15) is 35.6 Å². The van der Waals surface area contributed by atoms with Crippen LogP contribution in [0.1, 0.15) is 18.1 Å². The van der Waals surface area contributed by atoms with E-state index in [0.29, 0.717) is 23.9 Å². The van der Waals surface area contributed by atoms with Gasteiger partial charge in [0, 0.05) is 23.8 Å². The van der Waals surface area contributed by atoms with Crippen molar-refractivity contribution in [1.29, 1.82) is 5.26 Å². The monoisotopic (exact) mass is 521 g/mol. The molecule has 1 aromatic carbocycles. The molecule has 1 N–H and O–H groups in total. The number of pyridine rings is 2. The van der Waals surface area contributed by atoms with Crippen molar-refractivity contribution < 1.29 is 30.4 Å². The number of aromatic nitrogens is 3. The lowest BCUT2D eigenvalue weighted by Gasteiger charge is -2.17. The van der Waals surface area contributed by atoms with Crippen LogP contribution in [-0.4, -0.2) is 35.2 Å². The molecule has 0 saturated heterocycles. The molecule has 0 amide bonds. The molecule has 0 unspecified atom stereocenters. The van der Waals surface area contributed by atoms with Crippen LogP contribution in [0.3, 0.4) is 0 Å². The lowest BCUT2D eigenvalue weighted by molar-refractivity contribution is -0.147. The average molecular weight is 521 g/mol. The molecule has 0 aliphatic rings. The Morgan fingerprint density at radius 1 is 1.06 bits per heavy atom. The Labute approximate surface area is 201 Å². The zero-order chi connectivity index (χ0) is 26.4. The molecule has 36 heavy (non-hydrogen) atoms. The summed E-state index contributed by atoms with van der Waals surface area (Å²) in [4.78, 5) is 7.82. The highest BCUT2D eigenvalue weighted by Gasteiger charge is 2.39. The van der Waals surface area contributed by atoms with E-state index in [0.717, 1.165) is 24.4 Å². The second-order valence-corrected chi connectivity index (χ2v) is 9.66. The fourth-order valence-corrected chi connectivity index (χ4v) is 4.77. The van der Waals surface area contributed by atoms with E-state index in [1.54, 1.807) is 13.0 Å². The molecule has 0 fully saturated rings. The number of hydrogen-bond acceptors (Lipinski definition) is 5. The van der Waals surface area contributed by atoms with Gasteiger partial charge >= 0.3 is 6.18 Å². The molecule has 0 spiro atoms. The molecule has 0 aliphatic carbocycles. The van der Waals surface area contributed by atoms with Crippen LogP contribution in [-0.2, 0) is 10.0 Å². The van der Waals surface area contributed by atoms with Gasteiger partial charge in [-0.25, -0.2) is 22.2 Å². The predicted molar refractivity (Wildman–Crippen MR) is 120 cm³/mol.